The maximum Gasteiger partial charge on any atom is 0.226 e. The van der Waals surface area contributed by atoms with Crippen LogP contribution in [0.1, 0.15) is 30.9 Å². The summed E-state index contributed by atoms with van der Waals surface area (Å²) in [6.07, 6.45) is 2.15. The summed E-state index contributed by atoms with van der Waals surface area (Å²) in [6.45, 7) is 0. The molecule has 0 radical (unpaired) electrons. The quantitative estimate of drug-likeness (QED) is 0.678. The van der Waals surface area contributed by atoms with E-state index in [2.05, 4.69) is 10.3 Å². The first kappa shape index (κ1) is 17.0. The van der Waals surface area contributed by atoms with Crippen molar-refractivity contribution in [1.82, 2.24) is 14.8 Å². The molecule has 5 rings (SSSR count). The number of carbonyl (C=O) groups excluding carboxylic acids is 1. The minimum atomic E-state index is -0.375. The van der Waals surface area contributed by atoms with Gasteiger partial charge >= 0.3 is 0 Å². The SMILES string of the molecule is O=C1CCCC2=C1[C@@H](c1ccc(O)cc1)n1nc(-c3cccc(Cl)c3)nc1N2. The number of carbonyl (C=O) groups is 1. The van der Waals surface area contributed by atoms with Gasteiger partial charge in [-0.25, -0.2) is 4.68 Å². The summed E-state index contributed by atoms with van der Waals surface area (Å²) in [4.78, 5) is 17.4. The second-order valence-electron chi connectivity index (χ2n) is 7.00. The number of hydrogen-bond acceptors (Lipinski definition) is 5. The molecule has 2 aromatic carbocycles. The number of nitrogens with one attached hydrogen (secondary N) is 1. The van der Waals surface area contributed by atoms with Crippen molar-refractivity contribution >= 4 is 23.3 Å². The average Bonchev–Trinajstić information content (AvgIpc) is 3.11. The second-order valence-corrected chi connectivity index (χ2v) is 7.44. The van der Waals surface area contributed by atoms with E-state index in [1.807, 2.05) is 30.3 Å². The molecule has 140 valence electrons. The molecule has 0 spiro atoms. The van der Waals surface area contributed by atoms with E-state index in [1.165, 1.54) is 0 Å². The van der Waals surface area contributed by atoms with E-state index in [-0.39, 0.29) is 17.6 Å². The molecule has 6 nitrogen and oxygen atoms in total. The minimum Gasteiger partial charge on any atom is -0.508 e. The van der Waals surface area contributed by atoms with Crippen molar-refractivity contribution in [1.29, 1.82) is 0 Å². The number of Topliss-reactive ketones (excluding diaryl/α,β-unsaturated/α-hetero) is 1. The number of rotatable bonds is 2. The van der Waals surface area contributed by atoms with Gasteiger partial charge < -0.3 is 10.4 Å². The second kappa shape index (κ2) is 6.49. The molecule has 2 aliphatic rings. The van der Waals surface area contributed by atoms with Gasteiger partial charge in [-0.15, -0.1) is 5.10 Å². The summed E-state index contributed by atoms with van der Waals surface area (Å²) in [5.41, 5.74) is 3.33. The van der Waals surface area contributed by atoms with Gasteiger partial charge in [0, 0.05) is 28.3 Å². The zero-order valence-corrected chi connectivity index (χ0v) is 15.6. The molecule has 7 heteroatoms. The van der Waals surface area contributed by atoms with Gasteiger partial charge in [0.15, 0.2) is 11.6 Å². The van der Waals surface area contributed by atoms with Crippen LogP contribution in [0.3, 0.4) is 0 Å². The van der Waals surface area contributed by atoms with Crippen molar-refractivity contribution in [3.63, 3.8) is 0 Å². The first-order chi connectivity index (χ1) is 13.6. The number of allylic oxidation sites excluding steroid dienone is 2. The van der Waals surface area contributed by atoms with Gasteiger partial charge in [-0.3, -0.25) is 4.79 Å². The van der Waals surface area contributed by atoms with Crippen LogP contribution in [0.25, 0.3) is 11.4 Å². The molecular formula is C21H17ClN4O2. The van der Waals surface area contributed by atoms with Crippen molar-refractivity contribution < 1.29 is 9.90 Å². The fourth-order valence-corrected chi connectivity index (χ4v) is 4.06. The van der Waals surface area contributed by atoms with Crippen molar-refractivity contribution in [2.75, 3.05) is 5.32 Å². The number of benzene rings is 2. The third-order valence-corrected chi connectivity index (χ3v) is 5.39. The highest BCUT2D eigenvalue weighted by molar-refractivity contribution is 6.30. The van der Waals surface area contributed by atoms with Gasteiger partial charge in [-0.1, -0.05) is 35.9 Å². The molecule has 0 saturated heterocycles. The number of phenols is 1. The average molecular weight is 393 g/mol. The lowest BCUT2D eigenvalue weighted by molar-refractivity contribution is -0.116. The monoisotopic (exact) mass is 392 g/mol. The smallest absolute Gasteiger partial charge is 0.226 e. The Kier molecular flexibility index (Phi) is 3.94. The van der Waals surface area contributed by atoms with Crippen molar-refractivity contribution in [3.05, 3.63) is 70.4 Å². The predicted octanol–water partition coefficient (Wildman–Crippen LogP) is 4.33. The third kappa shape index (κ3) is 2.77. The van der Waals surface area contributed by atoms with Crippen LogP contribution in [-0.2, 0) is 4.79 Å². The number of hydrogen-bond donors (Lipinski definition) is 2. The minimum absolute atomic E-state index is 0.122. The van der Waals surface area contributed by atoms with Crippen LogP contribution in [0.2, 0.25) is 5.02 Å². The van der Waals surface area contributed by atoms with E-state index in [4.69, 9.17) is 16.7 Å². The molecule has 0 saturated carbocycles. The van der Waals surface area contributed by atoms with E-state index in [0.29, 0.717) is 23.2 Å². The Balaban J connectivity index is 1.68. The molecule has 1 atom stereocenters. The Morgan fingerprint density at radius 2 is 1.96 bits per heavy atom. The molecule has 28 heavy (non-hydrogen) atoms. The summed E-state index contributed by atoms with van der Waals surface area (Å²) in [5.74, 6) is 1.44. The molecule has 1 aliphatic carbocycles. The van der Waals surface area contributed by atoms with Crippen LogP contribution in [0.5, 0.6) is 5.75 Å². The number of anilines is 1. The van der Waals surface area contributed by atoms with Gasteiger partial charge in [-0.2, -0.15) is 4.98 Å². The summed E-state index contributed by atoms with van der Waals surface area (Å²) >= 11 is 6.12. The highest BCUT2D eigenvalue weighted by Gasteiger charge is 2.36. The lowest BCUT2D eigenvalue weighted by atomic mass is 9.85. The van der Waals surface area contributed by atoms with Gasteiger partial charge in [0.25, 0.3) is 0 Å². The lowest BCUT2D eigenvalue weighted by Gasteiger charge is -2.32. The standard InChI is InChI=1S/C21H17ClN4O2/c22-14-4-1-3-13(11-14)20-24-21-23-16-5-2-6-17(28)18(16)19(26(21)25-20)12-7-9-15(27)10-8-12/h1,3-4,7-11,19,27H,2,5-6H2,(H,23,24,25)/t19-/m1/s1. The summed E-state index contributed by atoms with van der Waals surface area (Å²) in [5, 5.41) is 18.3. The van der Waals surface area contributed by atoms with Gasteiger partial charge in [-0.05, 0) is 42.7 Å². The Labute approximate surface area is 166 Å². The van der Waals surface area contributed by atoms with Crippen LogP contribution in [-0.4, -0.2) is 25.7 Å². The molecule has 0 amide bonds. The van der Waals surface area contributed by atoms with Crippen LogP contribution in [0, 0.1) is 0 Å². The van der Waals surface area contributed by atoms with Gasteiger partial charge in [0.2, 0.25) is 5.95 Å². The number of nitrogens with zero attached hydrogens (tertiary/aromatic N) is 3. The van der Waals surface area contributed by atoms with Crippen LogP contribution in [0.4, 0.5) is 5.95 Å². The Morgan fingerprint density at radius 1 is 1.14 bits per heavy atom. The van der Waals surface area contributed by atoms with E-state index >= 15 is 0 Å². The topological polar surface area (TPSA) is 80.0 Å². The highest BCUT2D eigenvalue weighted by Crippen LogP contribution is 2.40. The number of phenolic OH excluding ortho intramolecular Hbond substituents is 1. The molecule has 2 N–H and O–H groups in total. The Hall–Kier alpha value is -3.12. The van der Waals surface area contributed by atoms with Crippen LogP contribution < -0.4 is 5.32 Å². The summed E-state index contributed by atoms with van der Waals surface area (Å²) < 4.78 is 1.75. The molecule has 1 aliphatic heterocycles. The lowest BCUT2D eigenvalue weighted by Crippen LogP contribution is -2.31. The highest BCUT2D eigenvalue weighted by atomic mass is 35.5. The zero-order valence-electron chi connectivity index (χ0n) is 14.9. The van der Waals surface area contributed by atoms with Crippen molar-refractivity contribution in [2.24, 2.45) is 0 Å². The first-order valence-corrected chi connectivity index (χ1v) is 9.52. The fourth-order valence-electron chi connectivity index (χ4n) is 3.87. The molecule has 3 aromatic rings. The largest absolute Gasteiger partial charge is 0.508 e. The summed E-state index contributed by atoms with van der Waals surface area (Å²) in [7, 11) is 0. The maximum atomic E-state index is 12.8. The normalized spacial score (nSPS) is 18.5. The molecule has 0 bridgehead atoms. The van der Waals surface area contributed by atoms with E-state index in [9.17, 15) is 9.90 Å². The van der Waals surface area contributed by atoms with Gasteiger partial charge in [0.05, 0.1) is 0 Å². The van der Waals surface area contributed by atoms with E-state index < -0.39 is 0 Å². The third-order valence-electron chi connectivity index (χ3n) is 5.16. The van der Waals surface area contributed by atoms with Gasteiger partial charge in [0.1, 0.15) is 11.8 Å². The first-order valence-electron chi connectivity index (χ1n) is 9.15. The molecular weight excluding hydrogens is 376 g/mol. The molecule has 0 fully saturated rings. The number of halogens is 1. The molecule has 0 unspecified atom stereocenters. The predicted molar refractivity (Wildman–Crippen MR) is 106 cm³/mol. The van der Waals surface area contributed by atoms with Crippen molar-refractivity contribution in [3.8, 4) is 17.1 Å². The van der Waals surface area contributed by atoms with Crippen LogP contribution in [0.15, 0.2) is 59.8 Å². The maximum absolute atomic E-state index is 12.8. The van der Waals surface area contributed by atoms with E-state index in [1.54, 1.807) is 22.9 Å². The molecule has 2 heterocycles. The number of aromatic nitrogens is 3. The fraction of sp³-hybridized carbons (Fsp3) is 0.190. The van der Waals surface area contributed by atoms with Crippen LogP contribution >= 0.6 is 11.6 Å². The van der Waals surface area contributed by atoms with Crippen molar-refractivity contribution in [2.45, 2.75) is 25.3 Å². The molecule has 1 aromatic heterocycles. The number of ketones is 1. The zero-order chi connectivity index (χ0) is 19.3. The number of fused-ring (bicyclic) bond motifs is 1. The number of aromatic hydroxyl groups is 1. The van der Waals surface area contributed by atoms with E-state index in [0.717, 1.165) is 35.2 Å². The Morgan fingerprint density at radius 3 is 2.75 bits per heavy atom. The summed E-state index contributed by atoms with van der Waals surface area (Å²) in [6, 6.07) is 13.9. The Bertz CT molecular complexity index is 1120.